The van der Waals surface area contributed by atoms with Gasteiger partial charge >= 0.3 is 0 Å². The highest BCUT2D eigenvalue weighted by atomic mass is 16.4. The summed E-state index contributed by atoms with van der Waals surface area (Å²) in [5, 5.41) is 7.79. The molecule has 0 N–H and O–H groups in total. The lowest BCUT2D eigenvalue weighted by molar-refractivity contribution is 0.0614. The quantitative estimate of drug-likeness (QED) is 0.719. The van der Waals surface area contributed by atoms with Crippen molar-refractivity contribution >= 4 is 23.0 Å². The Morgan fingerprint density at radius 1 is 1.27 bits per heavy atom. The fourth-order valence-corrected chi connectivity index (χ4v) is 3.44. The number of benzene rings is 1. The number of aromatic nitrogens is 3. The van der Waals surface area contributed by atoms with E-state index >= 15 is 0 Å². The Morgan fingerprint density at radius 3 is 2.96 bits per heavy atom. The summed E-state index contributed by atoms with van der Waals surface area (Å²) in [6.45, 7) is 1.40. The summed E-state index contributed by atoms with van der Waals surface area (Å²) in [6.07, 6.45) is 4.65. The summed E-state index contributed by atoms with van der Waals surface area (Å²) in [7, 11) is 1.95. The smallest absolute Gasteiger partial charge is 0.298 e. The van der Waals surface area contributed by atoms with E-state index in [4.69, 9.17) is 4.42 Å². The molecule has 0 bridgehead atoms. The van der Waals surface area contributed by atoms with Crippen LogP contribution in [0.5, 0.6) is 0 Å². The maximum absolute atomic E-state index is 12.8. The third-order valence-corrected chi connectivity index (χ3v) is 4.77. The lowest BCUT2D eigenvalue weighted by Gasteiger charge is -2.37. The minimum absolute atomic E-state index is 0.0613. The number of amides is 1. The normalized spacial score (nSPS) is 17.4. The summed E-state index contributed by atoms with van der Waals surface area (Å²) in [5.41, 5.74) is 2.00. The summed E-state index contributed by atoms with van der Waals surface area (Å²) in [6, 6.07) is 11.8. The maximum atomic E-state index is 12.8. The second-order valence-electron chi connectivity index (χ2n) is 6.60. The van der Waals surface area contributed by atoms with Gasteiger partial charge in [-0.25, -0.2) is 0 Å². The number of nitrogens with zero attached hydrogens (tertiary/aromatic N) is 5. The molecule has 2 aromatic heterocycles. The number of carbonyl (C=O) groups excluding carboxylic acids is 1. The first-order chi connectivity index (χ1) is 12.7. The first-order valence-electron chi connectivity index (χ1n) is 8.88. The van der Waals surface area contributed by atoms with Crippen LogP contribution in [0.4, 0.5) is 6.01 Å². The molecule has 3 heterocycles. The van der Waals surface area contributed by atoms with Crippen molar-refractivity contribution in [2.45, 2.75) is 25.3 Å². The van der Waals surface area contributed by atoms with Crippen molar-refractivity contribution in [1.82, 2.24) is 20.1 Å². The van der Waals surface area contributed by atoms with Gasteiger partial charge < -0.3 is 14.2 Å². The van der Waals surface area contributed by atoms with E-state index in [1.807, 2.05) is 41.1 Å². The van der Waals surface area contributed by atoms with Gasteiger partial charge in [0.1, 0.15) is 5.52 Å². The number of likely N-dealkylation sites (N-methyl/N-ethyl adjacent to an activating group) is 1. The van der Waals surface area contributed by atoms with Gasteiger partial charge in [0.2, 0.25) is 0 Å². The number of para-hydroxylation sites is 2. The van der Waals surface area contributed by atoms with E-state index in [0.29, 0.717) is 18.3 Å². The molecule has 7 heteroatoms. The minimum atomic E-state index is -0.0613. The fraction of sp³-hybridized carbons (Fsp3) is 0.368. The zero-order valence-electron chi connectivity index (χ0n) is 14.7. The van der Waals surface area contributed by atoms with Crippen LogP contribution in [0.25, 0.3) is 11.1 Å². The highest BCUT2D eigenvalue weighted by Gasteiger charge is 2.30. The number of likely N-dealkylation sites (tertiary alicyclic amines) is 1. The van der Waals surface area contributed by atoms with Crippen LogP contribution in [-0.2, 0) is 0 Å². The van der Waals surface area contributed by atoms with Gasteiger partial charge in [-0.15, -0.1) is 5.10 Å². The van der Waals surface area contributed by atoms with Gasteiger partial charge in [0.25, 0.3) is 11.9 Å². The first kappa shape index (κ1) is 16.5. The Balaban J connectivity index is 1.52. The summed E-state index contributed by atoms with van der Waals surface area (Å²) in [5.74, 6) is -0.0613. The minimum Gasteiger partial charge on any atom is -0.423 e. The van der Waals surface area contributed by atoms with E-state index in [0.717, 1.165) is 36.9 Å². The standard InChI is InChI=1S/C19H21N5O2/c1-23(19-21-15-8-2-3-10-17(15)26-19)13-14-7-4-5-12-24(14)18(25)16-9-6-11-20-22-16/h2-3,6,8-11,14H,4-5,7,12-13H2,1H3/t14-/m0/s1. The van der Waals surface area contributed by atoms with E-state index in [-0.39, 0.29) is 11.9 Å². The van der Waals surface area contributed by atoms with Crippen LogP contribution < -0.4 is 4.90 Å². The molecule has 1 amide bonds. The van der Waals surface area contributed by atoms with Crippen LogP contribution in [0, 0.1) is 0 Å². The number of piperidine rings is 1. The van der Waals surface area contributed by atoms with Gasteiger partial charge in [0.05, 0.1) is 0 Å². The van der Waals surface area contributed by atoms with Crippen LogP contribution in [0.1, 0.15) is 29.8 Å². The zero-order chi connectivity index (χ0) is 17.9. The predicted octanol–water partition coefficient (Wildman–Crippen LogP) is 2.75. The number of carbonyl (C=O) groups is 1. The first-order valence-corrected chi connectivity index (χ1v) is 8.88. The molecule has 3 aromatic rings. The molecule has 26 heavy (non-hydrogen) atoms. The number of hydrogen-bond donors (Lipinski definition) is 0. The Kier molecular flexibility index (Phi) is 4.51. The van der Waals surface area contributed by atoms with Gasteiger partial charge in [-0.1, -0.05) is 12.1 Å². The van der Waals surface area contributed by atoms with Crippen molar-refractivity contribution in [3.8, 4) is 0 Å². The van der Waals surface area contributed by atoms with Gasteiger partial charge in [-0.05, 0) is 43.5 Å². The SMILES string of the molecule is CN(C[C@@H]1CCCCN1C(=O)c1cccnn1)c1nc2ccccc2o1. The molecule has 134 valence electrons. The molecule has 1 aliphatic heterocycles. The molecule has 4 rings (SSSR count). The average molecular weight is 351 g/mol. The van der Waals surface area contributed by atoms with Crippen LogP contribution in [0.15, 0.2) is 47.0 Å². The van der Waals surface area contributed by atoms with Crippen LogP contribution in [0.2, 0.25) is 0 Å². The molecule has 0 radical (unpaired) electrons. The lowest BCUT2D eigenvalue weighted by Crippen LogP contribution is -2.49. The number of anilines is 1. The van der Waals surface area contributed by atoms with Gasteiger partial charge in [-0.2, -0.15) is 10.1 Å². The second-order valence-corrected chi connectivity index (χ2v) is 6.60. The van der Waals surface area contributed by atoms with Crippen LogP contribution >= 0.6 is 0 Å². The topological polar surface area (TPSA) is 75.4 Å². The monoisotopic (exact) mass is 351 g/mol. The van der Waals surface area contributed by atoms with E-state index in [9.17, 15) is 4.79 Å². The Bertz CT molecular complexity index is 862. The number of rotatable bonds is 4. The molecule has 0 unspecified atom stereocenters. The molecule has 0 spiro atoms. The average Bonchev–Trinajstić information content (AvgIpc) is 3.13. The largest absolute Gasteiger partial charge is 0.423 e. The van der Waals surface area contributed by atoms with Crippen molar-refractivity contribution in [1.29, 1.82) is 0 Å². The zero-order valence-corrected chi connectivity index (χ0v) is 14.7. The maximum Gasteiger partial charge on any atom is 0.298 e. The lowest BCUT2D eigenvalue weighted by atomic mass is 10.0. The molecule has 1 saturated heterocycles. The van der Waals surface area contributed by atoms with Crippen LogP contribution in [0.3, 0.4) is 0 Å². The Morgan fingerprint density at radius 2 is 2.15 bits per heavy atom. The van der Waals surface area contributed by atoms with E-state index in [2.05, 4.69) is 15.2 Å². The molecule has 0 aliphatic carbocycles. The Hall–Kier alpha value is -2.96. The number of hydrogen-bond acceptors (Lipinski definition) is 6. The summed E-state index contributed by atoms with van der Waals surface area (Å²) in [4.78, 5) is 21.3. The predicted molar refractivity (Wildman–Crippen MR) is 98.0 cm³/mol. The third kappa shape index (κ3) is 3.24. The van der Waals surface area contributed by atoms with Crippen molar-refractivity contribution < 1.29 is 9.21 Å². The fourth-order valence-electron chi connectivity index (χ4n) is 3.44. The molecule has 1 fully saturated rings. The molecule has 0 saturated carbocycles. The van der Waals surface area contributed by atoms with Crippen molar-refractivity contribution in [2.24, 2.45) is 0 Å². The molecule has 1 atom stereocenters. The third-order valence-electron chi connectivity index (χ3n) is 4.77. The molecule has 1 aromatic carbocycles. The van der Waals surface area contributed by atoms with Crippen molar-refractivity contribution in [3.05, 3.63) is 48.3 Å². The summed E-state index contributed by atoms with van der Waals surface area (Å²) >= 11 is 0. The number of fused-ring (bicyclic) bond motifs is 1. The van der Waals surface area contributed by atoms with Crippen molar-refractivity contribution in [3.63, 3.8) is 0 Å². The molecule has 7 nitrogen and oxygen atoms in total. The van der Waals surface area contributed by atoms with E-state index in [1.54, 1.807) is 18.3 Å². The highest BCUT2D eigenvalue weighted by Crippen LogP contribution is 2.24. The molecule has 1 aliphatic rings. The van der Waals surface area contributed by atoms with Gasteiger partial charge in [0.15, 0.2) is 11.3 Å². The van der Waals surface area contributed by atoms with Crippen LogP contribution in [-0.4, -0.2) is 52.2 Å². The van der Waals surface area contributed by atoms with Crippen molar-refractivity contribution in [2.75, 3.05) is 25.0 Å². The van der Waals surface area contributed by atoms with Gasteiger partial charge in [0, 0.05) is 32.4 Å². The summed E-state index contributed by atoms with van der Waals surface area (Å²) < 4.78 is 5.84. The van der Waals surface area contributed by atoms with E-state index in [1.165, 1.54) is 0 Å². The van der Waals surface area contributed by atoms with E-state index < -0.39 is 0 Å². The molecular formula is C19H21N5O2. The highest BCUT2D eigenvalue weighted by molar-refractivity contribution is 5.92. The Labute approximate surface area is 151 Å². The molecular weight excluding hydrogens is 330 g/mol. The second kappa shape index (κ2) is 7.11. The number of oxazole rings is 1. The van der Waals surface area contributed by atoms with Gasteiger partial charge in [-0.3, -0.25) is 4.79 Å².